The van der Waals surface area contributed by atoms with Crippen LogP contribution in [0.2, 0.25) is 0 Å². The second-order valence-corrected chi connectivity index (χ2v) is 12.3. The summed E-state index contributed by atoms with van der Waals surface area (Å²) >= 11 is 3.16. The maximum absolute atomic E-state index is 13.5. The van der Waals surface area contributed by atoms with Gasteiger partial charge in [0.05, 0.1) is 16.9 Å². The van der Waals surface area contributed by atoms with E-state index >= 15 is 0 Å². The molecule has 2 aromatic carbocycles. The molecule has 0 amide bonds. The van der Waals surface area contributed by atoms with E-state index < -0.39 is 0 Å². The van der Waals surface area contributed by atoms with Crippen LogP contribution in [0.3, 0.4) is 0 Å². The van der Waals surface area contributed by atoms with E-state index in [1.54, 1.807) is 43.8 Å². The van der Waals surface area contributed by atoms with E-state index in [0.717, 1.165) is 22.2 Å². The molecule has 6 nitrogen and oxygen atoms in total. The van der Waals surface area contributed by atoms with E-state index in [-0.39, 0.29) is 30.0 Å². The number of halogens is 3. The van der Waals surface area contributed by atoms with Gasteiger partial charge < -0.3 is 20.8 Å². The molecule has 0 bridgehead atoms. The molecular weight excluding hydrogens is 625 g/mol. The van der Waals surface area contributed by atoms with Gasteiger partial charge in [0.25, 0.3) is 0 Å². The molecule has 44 heavy (non-hydrogen) atoms. The predicted octanol–water partition coefficient (Wildman–Crippen LogP) is 8.09. The highest BCUT2D eigenvalue weighted by Gasteiger charge is 2.51. The molecule has 0 unspecified atom stereocenters. The maximum Gasteiger partial charge on any atom is 0.494 e. The first-order valence-electron chi connectivity index (χ1n) is 13.8. The number of allylic oxidation sites excluding steroid dienone is 2. The fraction of sp³-hybridized carbons (Fsp3) is 0.235. The summed E-state index contributed by atoms with van der Waals surface area (Å²) in [5, 5.41) is 0. The van der Waals surface area contributed by atoms with Crippen LogP contribution in [0.5, 0.6) is 0 Å². The molecule has 230 valence electrons. The van der Waals surface area contributed by atoms with Crippen molar-refractivity contribution in [2.24, 2.45) is 0 Å². The SMILES string of the molecule is C=C(C)c1cc(F)cc(-c2ccncc2)c1N.C=C(C)c1cc(F)cc(Br)c1N.CC1(C)OB(c2ccncc2)OC1(C)C. The first-order chi connectivity index (χ1) is 20.5. The highest BCUT2D eigenvalue weighted by atomic mass is 79.9. The number of nitrogens with two attached hydrogens (primary N) is 2. The molecule has 5 rings (SSSR count). The Morgan fingerprint density at radius 2 is 1.18 bits per heavy atom. The molecule has 0 saturated carbocycles. The second-order valence-electron chi connectivity index (χ2n) is 11.4. The summed E-state index contributed by atoms with van der Waals surface area (Å²) in [7, 11) is -0.280. The average molecular weight is 663 g/mol. The minimum absolute atomic E-state index is 0.277. The lowest BCUT2D eigenvalue weighted by atomic mass is 9.80. The van der Waals surface area contributed by atoms with Crippen molar-refractivity contribution in [2.45, 2.75) is 52.7 Å². The van der Waals surface area contributed by atoms with Gasteiger partial charge in [-0.05, 0) is 128 Å². The third kappa shape index (κ3) is 8.40. The van der Waals surface area contributed by atoms with E-state index in [1.165, 1.54) is 24.3 Å². The molecule has 0 radical (unpaired) electrons. The van der Waals surface area contributed by atoms with Crippen LogP contribution in [-0.4, -0.2) is 28.3 Å². The Morgan fingerprint density at radius 3 is 1.66 bits per heavy atom. The van der Waals surface area contributed by atoms with Gasteiger partial charge in [0.2, 0.25) is 0 Å². The van der Waals surface area contributed by atoms with Gasteiger partial charge >= 0.3 is 7.12 Å². The number of aromatic nitrogens is 2. The van der Waals surface area contributed by atoms with Crippen LogP contribution in [0, 0.1) is 11.6 Å². The topological polar surface area (TPSA) is 96.3 Å². The Balaban J connectivity index is 0.000000183. The number of benzene rings is 2. The van der Waals surface area contributed by atoms with Gasteiger partial charge in [-0.3, -0.25) is 9.97 Å². The monoisotopic (exact) mass is 662 g/mol. The van der Waals surface area contributed by atoms with E-state index in [1.807, 2.05) is 46.8 Å². The summed E-state index contributed by atoms with van der Waals surface area (Å²) in [6.07, 6.45) is 6.81. The minimum atomic E-state index is -0.316. The lowest BCUT2D eigenvalue weighted by molar-refractivity contribution is 0.00578. The molecule has 1 fully saturated rings. The summed E-state index contributed by atoms with van der Waals surface area (Å²) in [6, 6.07) is 13.0. The number of hydrogen-bond donors (Lipinski definition) is 2. The van der Waals surface area contributed by atoms with E-state index in [9.17, 15) is 8.78 Å². The van der Waals surface area contributed by atoms with Gasteiger partial charge in [0.15, 0.2) is 0 Å². The smallest absolute Gasteiger partial charge is 0.399 e. The van der Waals surface area contributed by atoms with E-state index in [4.69, 9.17) is 20.8 Å². The van der Waals surface area contributed by atoms with E-state index in [2.05, 4.69) is 39.1 Å². The molecule has 10 heteroatoms. The van der Waals surface area contributed by atoms with Gasteiger partial charge in [-0.1, -0.05) is 13.2 Å². The lowest BCUT2D eigenvalue weighted by Gasteiger charge is -2.32. The van der Waals surface area contributed by atoms with Crippen LogP contribution < -0.4 is 16.9 Å². The summed E-state index contributed by atoms with van der Waals surface area (Å²) in [5.74, 6) is -0.627. The lowest BCUT2D eigenvalue weighted by Crippen LogP contribution is -2.41. The van der Waals surface area contributed by atoms with Crippen LogP contribution in [0.4, 0.5) is 20.2 Å². The van der Waals surface area contributed by atoms with Gasteiger partial charge in [-0.25, -0.2) is 8.78 Å². The largest absolute Gasteiger partial charge is 0.494 e. The third-order valence-electron chi connectivity index (χ3n) is 7.38. The quantitative estimate of drug-likeness (QED) is 0.169. The zero-order chi connectivity index (χ0) is 32.8. The normalized spacial score (nSPS) is 14.5. The molecule has 2 aromatic heterocycles. The second kappa shape index (κ2) is 14.3. The minimum Gasteiger partial charge on any atom is -0.399 e. The number of nitrogens with zero attached hydrogens (tertiary/aromatic N) is 2. The zero-order valence-electron chi connectivity index (χ0n) is 25.9. The molecular formula is C34H38BBrF2N4O2. The standard InChI is InChI=1S/C14H13FN2.C11H16BNO2.C9H9BrFN/c1-9(2)12-7-11(15)8-13(14(12)16)10-3-5-17-6-4-10;1-10(2)11(3,4)15-12(14-10)9-5-7-13-8-6-9;1-5(2)7-3-6(11)4-8(10)9(7)12/h3-8H,1,16H2,2H3;5-8H,1-4H3;3-4H,1,12H2,2H3. The summed E-state index contributed by atoms with van der Waals surface area (Å²) in [6.45, 7) is 19.3. The Morgan fingerprint density at radius 1 is 0.750 bits per heavy atom. The fourth-order valence-electron chi connectivity index (χ4n) is 4.18. The van der Waals surface area contributed by atoms with Crippen molar-refractivity contribution >= 4 is 51.0 Å². The van der Waals surface area contributed by atoms with Gasteiger partial charge in [-0.15, -0.1) is 0 Å². The summed E-state index contributed by atoms with van der Waals surface area (Å²) < 4.78 is 38.8. The van der Waals surface area contributed by atoms with Crippen LogP contribution in [0.15, 0.2) is 90.9 Å². The average Bonchev–Trinajstić information content (AvgIpc) is 3.19. The highest BCUT2D eigenvalue weighted by Crippen LogP contribution is 2.36. The van der Waals surface area contributed by atoms with Gasteiger partial charge in [-0.2, -0.15) is 0 Å². The third-order valence-corrected chi connectivity index (χ3v) is 8.04. The number of rotatable bonds is 4. The molecule has 4 aromatic rings. The van der Waals surface area contributed by atoms with Crippen molar-refractivity contribution in [3.63, 3.8) is 0 Å². The molecule has 1 saturated heterocycles. The zero-order valence-corrected chi connectivity index (χ0v) is 27.5. The van der Waals surface area contributed by atoms with Crippen LogP contribution >= 0.6 is 15.9 Å². The highest BCUT2D eigenvalue weighted by molar-refractivity contribution is 9.10. The van der Waals surface area contributed by atoms with Crippen molar-refractivity contribution < 1.29 is 18.1 Å². The Bertz CT molecular complexity index is 1620. The molecule has 3 heterocycles. The van der Waals surface area contributed by atoms with Crippen molar-refractivity contribution in [1.29, 1.82) is 0 Å². The van der Waals surface area contributed by atoms with Crippen molar-refractivity contribution in [3.8, 4) is 11.1 Å². The van der Waals surface area contributed by atoms with E-state index in [0.29, 0.717) is 32.5 Å². The van der Waals surface area contributed by atoms with Crippen molar-refractivity contribution in [1.82, 2.24) is 9.97 Å². The molecule has 4 N–H and O–H groups in total. The van der Waals surface area contributed by atoms with Crippen LogP contribution in [-0.2, 0) is 9.31 Å². The van der Waals surface area contributed by atoms with Gasteiger partial charge in [0, 0.05) is 51.6 Å². The summed E-state index contributed by atoms with van der Waals surface area (Å²) in [4.78, 5) is 7.91. The fourth-order valence-corrected chi connectivity index (χ4v) is 4.61. The van der Waals surface area contributed by atoms with Crippen LogP contribution in [0.25, 0.3) is 22.3 Å². The maximum atomic E-state index is 13.5. The Kier molecular flexibility index (Phi) is 11.2. The molecule has 0 spiro atoms. The van der Waals surface area contributed by atoms with Crippen LogP contribution in [0.1, 0.15) is 52.7 Å². The Labute approximate surface area is 267 Å². The number of pyridine rings is 2. The first-order valence-corrected chi connectivity index (χ1v) is 14.6. The molecule has 1 aliphatic rings. The Hall–Kier alpha value is -3.86. The number of nitrogen functional groups attached to an aromatic ring is 2. The van der Waals surface area contributed by atoms with Crippen molar-refractivity contribution in [3.05, 3.63) is 114 Å². The number of hydrogen-bond acceptors (Lipinski definition) is 6. The number of anilines is 2. The predicted molar refractivity (Wildman–Crippen MR) is 182 cm³/mol. The first kappa shape index (κ1) is 34.6. The van der Waals surface area contributed by atoms with Gasteiger partial charge in [0.1, 0.15) is 11.6 Å². The molecule has 0 atom stereocenters. The summed E-state index contributed by atoms with van der Waals surface area (Å²) in [5.41, 5.74) is 17.6. The molecule has 0 aliphatic carbocycles. The van der Waals surface area contributed by atoms with Crippen molar-refractivity contribution in [2.75, 3.05) is 11.5 Å². The molecule has 1 aliphatic heterocycles.